The summed E-state index contributed by atoms with van der Waals surface area (Å²) in [6, 6.07) is 9.23. The van der Waals surface area contributed by atoms with Crippen LogP contribution in [-0.2, 0) is 11.3 Å². The number of carbonyl (C=O) groups excluding carboxylic acids is 1. The van der Waals surface area contributed by atoms with E-state index in [0.29, 0.717) is 30.3 Å². The number of ether oxygens (including phenoxy) is 2. The molecular formula is C17H18ClN2O3S+. The first-order chi connectivity index (χ1) is 11.6. The number of anilines is 1. The number of hydrogen-bond acceptors (Lipinski definition) is 4. The van der Waals surface area contributed by atoms with Gasteiger partial charge in [-0.25, -0.2) is 0 Å². The molecule has 2 aromatic rings. The molecule has 0 saturated carbocycles. The molecule has 0 aliphatic carbocycles. The summed E-state index contributed by atoms with van der Waals surface area (Å²) < 4.78 is 11.3. The molecule has 0 radical (unpaired) electrons. The molecule has 3 rings (SSSR count). The molecule has 126 valence electrons. The van der Waals surface area contributed by atoms with Crippen molar-refractivity contribution >= 4 is 34.5 Å². The smallest absolute Gasteiger partial charge is 0.279 e. The van der Waals surface area contributed by atoms with Crippen molar-refractivity contribution in [3.63, 3.8) is 0 Å². The first-order valence-electron chi connectivity index (χ1n) is 7.52. The third-order valence-electron chi connectivity index (χ3n) is 3.55. The average Bonchev–Trinajstić information content (AvgIpc) is 3.15. The van der Waals surface area contributed by atoms with E-state index in [1.807, 2.05) is 18.2 Å². The maximum absolute atomic E-state index is 12.3. The van der Waals surface area contributed by atoms with Crippen molar-refractivity contribution < 1.29 is 19.2 Å². The van der Waals surface area contributed by atoms with E-state index < -0.39 is 0 Å². The highest BCUT2D eigenvalue weighted by Gasteiger charge is 2.17. The van der Waals surface area contributed by atoms with Gasteiger partial charge in [-0.3, -0.25) is 4.79 Å². The zero-order chi connectivity index (χ0) is 16.9. The van der Waals surface area contributed by atoms with Gasteiger partial charge in [-0.05, 0) is 30.3 Å². The minimum atomic E-state index is -0.0617. The molecule has 2 heterocycles. The third-order valence-corrected chi connectivity index (χ3v) is 4.78. The van der Waals surface area contributed by atoms with Gasteiger partial charge in [0, 0.05) is 11.8 Å². The summed E-state index contributed by atoms with van der Waals surface area (Å²) in [6.45, 7) is 5.76. The Morgan fingerprint density at radius 3 is 2.92 bits per heavy atom. The highest BCUT2D eigenvalue weighted by Crippen LogP contribution is 2.34. The fourth-order valence-corrected chi connectivity index (χ4v) is 3.67. The van der Waals surface area contributed by atoms with Crippen LogP contribution in [0.1, 0.15) is 4.88 Å². The van der Waals surface area contributed by atoms with Crippen molar-refractivity contribution in [2.75, 3.05) is 25.2 Å². The third kappa shape index (κ3) is 4.29. The molecule has 0 spiro atoms. The second kappa shape index (κ2) is 7.70. The molecule has 1 unspecified atom stereocenters. The molecule has 1 aliphatic heterocycles. The molecule has 7 heteroatoms. The van der Waals surface area contributed by atoms with Gasteiger partial charge in [-0.1, -0.05) is 18.2 Å². The summed E-state index contributed by atoms with van der Waals surface area (Å²) in [6.07, 6.45) is 1.82. The predicted octanol–water partition coefficient (Wildman–Crippen LogP) is 2.34. The highest BCUT2D eigenvalue weighted by atomic mass is 35.5. The maximum atomic E-state index is 12.3. The van der Waals surface area contributed by atoms with E-state index in [1.54, 1.807) is 18.2 Å². The van der Waals surface area contributed by atoms with Crippen LogP contribution in [-0.4, -0.2) is 25.8 Å². The molecule has 1 aromatic heterocycles. The summed E-state index contributed by atoms with van der Waals surface area (Å²) in [5.74, 6) is 1.28. The van der Waals surface area contributed by atoms with Crippen molar-refractivity contribution in [2.24, 2.45) is 0 Å². The predicted molar refractivity (Wildman–Crippen MR) is 95.1 cm³/mol. The molecule has 0 saturated heterocycles. The number of hydrogen-bond donors (Lipinski definition) is 2. The van der Waals surface area contributed by atoms with Crippen LogP contribution in [0.25, 0.3) is 0 Å². The van der Waals surface area contributed by atoms with Crippen LogP contribution in [0.4, 0.5) is 5.69 Å². The fourth-order valence-electron chi connectivity index (χ4n) is 2.51. The van der Waals surface area contributed by atoms with E-state index in [0.717, 1.165) is 20.7 Å². The molecule has 2 N–H and O–H groups in total. The summed E-state index contributed by atoms with van der Waals surface area (Å²) >= 11 is 7.50. The van der Waals surface area contributed by atoms with Crippen LogP contribution in [0.2, 0.25) is 4.34 Å². The van der Waals surface area contributed by atoms with Crippen LogP contribution < -0.4 is 19.7 Å². The minimum absolute atomic E-state index is 0.0617. The Kier molecular flexibility index (Phi) is 5.40. The van der Waals surface area contributed by atoms with E-state index in [4.69, 9.17) is 21.1 Å². The van der Waals surface area contributed by atoms with Gasteiger partial charge in [-0.2, -0.15) is 0 Å². The quantitative estimate of drug-likeness (QED) is 0.740. The van der Waals surface area contributed by atoms with E-state index in [-0.39, 0.29) is 12.7 Å². The topological polar surface area (TPSA) is 52.0 Å². The zero-order valence-corrected chi connectivity index (χ0v) is 14.6. The molecular weight excluding hydrogens is 348 g/mol. The molecule has 24 heavy (non-hydrogen) atoms. The highest BCUT2D eigenvalue weighted by molar-refractivity contribution is 7.16. The summed E-state index contributed by atoms with van der Waals surface area (Å²) in [5, 5.41) is 2.90. The number of nitrogens with one attached hydrogen (secondary N) is 2. The number of rotatable bonds is 7. The summed E-state index contributed by atoms with van der Waals surface area (Å²) in [4.78, 5) is 14.6. The number of thiophene rings is 1. The van der Waals surface area contributed by atoms with Crippen LogP contribution in [0.3, 0.4) is 0 Å². The van der Waals surface area contributed by atoms with Crippen molar-refractivity contribution in [2.45, 2.75) is 6.54 Å². The summed E-state index contributed by atoms with van der Waals surface area (Å²) in [7, 11) is 0. The maximum Gasteiger partial charge on any atom is 0.279 e. The first kappa shape index (κ1) is 16.8. The van der Waals surface area contributed by atoms with E-state index >= 15 is 0 Å². The zero-order valence-electron chi connectivity index (χ0n) is 13.0. The fraction of sp³-hybridized carbons (Fsp3) is 0.235. The Labute approximate surface area is 149 Å². The van der Waals surface area contributed by atoms with Gasteiger partial charge < -0.3 is 19.7 Å². The van der Waals surface area contributed by atoms with Crippen molar-refractivity contribution in [3.8, 4) is 11.5 Å². The molecule has 1 aromatic carbocycles. The normalized spacial score (nSPS) is 13.5. The monoisotopic (exact) mass is 365 g/mol. The standard InChI is InChI=1S/C17H17ClN2O3S/c1-2-7-20(9-13-4-6-16(18)24-13)10-17(21)19-12-3-5-14-15(8-12)23-11-22-14/h2-6,8H,1,7,9-11H2,(H,19,21)/p+1. The van der Waals surface area contributed by atoms with Crippen molar-refractivity contribution in [1.29, 1.82) is 0 Å². The van der Waals surface area contributed by atoms with E-state index in [2.05, 4.69) is 11.9 Å². The molecule has 1 aliphatic rings. The number of fused-ring (bicyclic) bond motifs is 1. The van der Waals surface area contributed by atoms with Gasteiger partial charge in [0.05, 0.1) is 15.8 Å². The second-order valence-electron chi connectivity index (χ2n) is 5.42. The van der Waals surface area contributed by atoms with Crippen LogP contribution in [0.5, 0.6) is 11.5 Å². The Morgan fingerprint density at radius 1 is 1.33 bits per heavy atom. The second-order valence-corrected chi connectivity index (χ2v) is 7.22. The number of amides is 1. The molecule has 5 nitrogen and oxygen atoms in total. The number of carbonyl (C=O) groups is 1. The van der Waals surface area contributed by atoms with Gasteiger partial charge in [0.2, 0.25) is 6.79 Å². The number of quaternary nitrogens is 1. The van der Waals surface area contributed by atoms with Gasteiger partial charge in [-0.15, -0.1) is 11.3 Å². The Morgan fingerprint density at radius 2 is 2.17 bits per heavy atom. The molecule has 1 amide bonds. The van der Waals surface area contributed by atoms with Crippen LogP contribution in [0.15, 0.2) is 43.0 Å². The van der Waals surface area contributed by atoms with E-state index in [9.17, 15) is 4.79 Å². The lowest BCUT2D eigenvalue weighted by Gasteiger charge is -2.16. The van der Waals surface area contributed by atoms with Crippen LogP contribution in [0, 0.1) is 0 Å². The first-order valence-corrected chi connectivity index (χ1v) is 8.71. The number of halogens is 1. The SMILES string of the molecule is C=CC[NH+](CC(=O)Nc1ccc2c(c1)OCO2)Cc1ccc(Cl)s1. The Bertz CT molecular complexity index is 747. The molecule has 0 fully saturated rings. The summed E-state index contributed by atoms with van der Waals surface area (Å²) in [5.41, 5.74) is 0.696. The lowest BCUT2D eigenvalue weighted by atomic mass is 10.2. The average molecular weight is 366 g/mol. The van der Waals surface area contributed by atoms with E-state index in [1.165, 1.54) is 11.3 Å². The van der Waals surface area contributed by atoms with Gasteiger partial charge in [0.15, 0.2) is 18.0 Å². The van der Waals surface area contributed by atoms with Crippen molar-refractivity contribution in [3.05, 3.63) is 52.2 Å². The van der Waals surface area contributed by atoms with Gasteiger partial charge >= 0.3 is 0 Å². The number of benzene rings is 1. The van der Waals surface area contributed by atoms with Gasteiger partial charge in [0.1, 0.15) is 6.54 Å². The van der Waals surface area contributed by atoms with Crippen molar-refractivity contribution in [1.82, 2.24) is 0 Å². The Hall–Kier alpha value is -2.02. The van der Waals surface area contributed by atoms with Crippen LogP contribution >= 0.6 is 22.9 Å². The molecule has 0 bridgehead atoms. The Balaban J connectivity index is 1.59. The lowest BCUT2D eigenvalue weighted by molar-refractivity contribution is -0.899. The lowest BCUT2D eigenvalue weighted by Crippen LogP contribution is -3.11. The molecule has 1 atom stereocenters. The minimum Gasteiger partial charge on any atom is -0.454 e. The van der Waals surface area contributed by atoms with Gasteiger partial charge in [0.25, 0.3) is 5.91 Å². The largest absolute Gasteiger partial charge is 0.454 e.